The molecule has 4 aromatic rings. The first-order chi connectivity index (χ1) is 22.8. The van der Waals surface area contributed by atoms with Crippen molar-refractivity contribution in [2.45, 2.75) is 64.4 Å². The van der Waals surface area contributed by atoms with Crippen LogP contribution in [0.1, 0.15) is 66.4 Å². The van der Waals surface area contributed by atoms with E-state index in [0.29, 0.717) is 13.0 Å². The first-order valence-electron chi connectivity index (χ1n) is 16.2. The van der Waals surface area contributed by atoms with E-state index >= 15 is 0 Å². The van der Waals surface area contributed by atoms with E-state index in [9.17, 15) is 14.7 Å². The average molecular weight is 637 g/mol. The summed E-state index contributed by atoms with van der Waals surface area (Å²) in [6.07, 6.45) is -0.411. The van der Waals surface area contributed by atoms with E-state index in [1.54, 1.807) is 0 Å². The number of carboxylic acid groups (broad SMARTS) is 1. The highest BCUT2D eigenvalue weighted by Crippen LogP contribution is 2.42. The Morgan fingerprint density at radius 2 is 1.49 bits per heavy atom. The van der Waals surface area contributed by atoms with Crippen LogP contribution in [0.25, 0.3) is 11.1 Å². The lowest BCUT2D eigenvalue weighted by atomic mass is 9.90. The summed E-state index contributed by atoms with van der Waals surface area (Å²) in [7, 11) is 2.12. The molecule has 0 aliphatic carbocycles. The highest BCUT2D eigenvalue weighted by molar-refractivity contribution is 5.76. The number of amides is 1. The molecule has 47 heavy (non-hydrogen) atoms. The van der Waals surface area contributed by atoms with Crippen molar-refractivity contribution >= 4 is 11.9 Å². The fourth-order valence-electron chi connectivity index (χ4n) is 6.01. The SMILES string of the molecule is C[C@H]1[C@@H](CN(C)Cc2ccccc2)O[C@@H](c2cccc(-c3cccc(CNC(=O)CCCC(=O)O)c3)c2)O[C@H]1c1ccc(CO)cc1. The lowest BCUT2D eigenvalue weighted by Crippen LogP contribution is -2.43. The third-order valence-corrected chi connectivity index (χ3v) is 8.61. The molecule has 1 aliphatic heterocycles. The fraction of sp³-hybridized carbons (Fsp3) is 0.333. The van der Waals surface area contributed by atoms with Gasteiger partial charge in [0.2, 0.25) is 5.91 Å². The smallest absolute Gasteiger partial charge is 0.303 e. The van der Waals surface area contributed by atoms with Crippen molar-refractivity contribution in [2.75, 3.05) is 13.6 Å². The van der Waals surface area contributed by atoms with Crippen LogP contribution in [-0.2, 0) is 38.8 Å². The van der Waals surface area contributed by atoms with Gasteiger partial charge in [-0.05, 0) is 59.0 Å². The molecule has 1 amide bonds. The molecule has 1 fully saturated rings. The van der Waals surface area contributed by atoms with Crippen molar-refractivity contribution in [3.8, 4) is 11.1 Å². The van der Waals surface area contributed by atoms with Crippen LogP contribution < -0.4 is 5.32 Å². The van der Waals surface area contributed by atoms with Gasteiger partial charge in [0.25, 0.3) is 0 Å². The quantitative estimate of drug-likeness (QED) is 0.142. The van der Waals surface area contributed by atoms with Crippen molar-refractivity contribution in [3.63, 3.8) is 0 Å². The summed E-state index contributed by atoms with van der Waals surface area (Å²) < 4.78 is 13.4. The standard InChI is InChI=1S/C39H44N2O6/c1-27-35(25-41(2)24-28-9-4-3-5-10-28)46-39(47-38(27)31-19-17-29(26-42)18-20-31)34-14-7-13-33(22-34)32-12-6-11-30(21-32)23-40-36(43)15-8-16-37(44)45/h3-7,9-14,17-22,27,35,38-39,42H,8,15-16,23-26H2,1-2H3,(H,40,43)(H,44,45)/t27-,35+,38+,39+/m0/s1. The summed E-state index contributed by atoms with van der Waals surface area (Å²) in [4.78, 5) is 25.2. The fourth-order valence-corrected chi connectivity index (χ4v) is 6.01. The van der Waals surface area contributed by atoms with Crippen molar-refractivity contribution in [1.82, 2.24) is 10.2 Å². The van der Waals surface area contributed by atoms with E-state index in [-0.39, 0.29) is 43.5 Å². The molecule has 0 radical (unpaired) electrons. The number of hydrogen-bond donors (Lipinski definition) is 3. The molecule has 8 heteroatoms. The van der Waals surface area contributed by atoms with Gasteiger partial charge in [-0.25, -0.2) is 0 Å². The average Bonchev–Trinajstić information content (AvgIpc) is 3.09. The van der Waals surface area contributed by atoms with Crippen LogP contribution in [0.15, 0.2) is 103 Å². The molecule has 0 spiro atoms. The van der Waals surface area contributed by atoms with Gasteiger partial charge in [-0.2, -0.15) is 0 Å². The maximum absolute atomic E-state index is 12.2. The molecule has 0 aromatic heterocycles. The summed E-state index contributed by atoms with van der Waals surface area (Å²) in [6.45, 7) is 4.07. The Balaban J connectivity index is 1.33. The number of hydrogen-bond acceptors (Lipinski definition) is 6. The van der Waals surface area contributed by atoms with E-state index in [0.717, 1.165) is 46.5 Å². The van der Waals surface area contributed by atoms with Crippen LogP contribution in [0.2, 0.25) is 0 Å². The highest BCUT2D eigenvalue weighted by Gasteiger charge is 2.39. The molecular formula is C39H44N2O6. The van der Waals surface area contributed by atoms with Crippen LogP contribution in [0.4, 0.5) is 0 Å². The Hall–Kier alpha value is -4.34. The number of carboxylic acids is 1. The Kier molecular flexibility index (Phi) is 11.9. The van der Waals surface area contributed by atoms with E-state index < -0.39 is 12.3 Å². The number of rotatable bonds is 14. The number of ether oxygens (including phenoxy) is 2. The molecule has 1 aliphatic rings. The van der Waals surface area contributed by atoms with Gasteiger partial charge in [-0.3, -0.25) is 14.5 Å². The Morgan fingerprint density at radius 3 is 2.21 bits per heavy atom. The monoisotopic (exact) mass is 636 g/mol. The second-order valence-electron chi connectivity index (χ2n) is 12.4. The molecule has 8 nitrogen and oxygen atoms in total. The molecule has 246 valence electrons. The minimum absolute atomic E-state index is 0.00679. The zero-order valence-corrected chi connectivity index (χ0v) is 27.0. The van der Waals surface area contributed by atoms with Crippen LogP contribution in [-0.4, -0.2) is 46.7 Å². The minimum Gasteiger partial charge on any atom is -0.481 e. The molecular weight excluding hydrogens is 592 g/mol. The van der Waals surface area contributed by atoms with Gasteiger partial charge in [0.05, 0.1) is 18.8 Å². The number of aliphatic hydroxyl groups is 1. The van der Waals surface area contributed by atoms with Gasteiger partial charge in [0, 0.05) is 44.0 Å². The lowest BCUT2D eigenvalue weighted by Gasteiger charge is -2.42. The Bertz CT molecular complexity index is 1610. The number of carbonyl (C=O) groups is 2. The molecule has 5 rings (SSSR count). The number of benzene rings is 4. The van der Waals surface area contributed by atoms with Crippen molar-refractivity contribution in [3.05, 3.63) is 131 Å². The van der Waals surface area contributed by atoms with Gasteiger partial charge in [-0.1, -0.05) is 97.9 Å². The van der Waals surface area contributed by atoms with Crippen molar-refractivity contribution < 1.29 is 29.3 Å². The van der Waals surface area contributed by atoms with Crippen molar-refractivity contribution in [1.29, 1.82) is 0 Å². The van der Waals surface area contributed by atoms with Gasteiger partial charge in [0.1, 0.15) is 0 Å². The van der Waals surface area contributed by atoms with Crippen molar-refractivity contribution in [2.24, 2.45) is 5.92 Å². The van der Waals surface area contributed by atoms with Crippen LogP contribution in [0.3, 0.4) is 0 Å². The molecule has 3 N–H and O–H groups in total. The van der Waals surface area contributed by atoms with Crippen LogP contribution in [0, 0.1) is 5.92 Å². The largest absolute Gasteiger partial charge is 0.481 e. The Labute approximate surface area is 277 Å². The topological polar surface area (TPSA) is 108 Å². The highest BCUT2D eigenvalue weighted by atomic mass is 16.7. The molecule has 0 saturated carbocycles. The first-order valence-corrected chi connectivity index (χ1v) is 16.2. The Morgan fingerprint density at radius 1 is 0.787 bits per heavy atom. The second kappa shape index (κ2) is 16.5. The molecule has 1 heterocycles. The summed E-state index contributed by atoms with van der Waals surface area (Å²) in [5, 5.41) is 21.3. The van der Waals surface area contributed by atoms with E-state index in [1.807, 2.05) is 66.7 Å². The predicted octanol–water partition coefficient (Wildman–Crippen LogP) is 6.64. The number of nitrogens with zero attached hydrogens (tertiary/aromatic N) is 1. The molecule has 0 bridgehead atoms. The summed E-state index contributed by atoms with van der Waals surface area (Å²) in [6, 6.07) is 34.6. The van der Waals surface area contributed by atoms with Crippen LogP contribution >= 0.6 is 0 Å². The third-order valence-electron chi connectivity index (χ3n) is 8.61. The zero-order chi connectivity index (χ0) is 33.2. The minimum atomic E-state index is -0.899. The maximum atomic E-state index is 12.2. The number of carbonyl (C=O) groups excluding carboxylic acids is 1. The van der Waals surface area contributed by atoms with Gasteiger partial charge < -0.3 is 25.0 Å². The van der Waals surface area contributed by atoms with Gasteiger partial charge in [-0.15, -0.1) is 0 Å². The summed E-state index contributed by atoms with van der Waals surface area (Å²) in [5.74, 6) is -0.989. The summed E-state index contributed by atoms with van der Waals surface area (Å²) in [5.41, 5.74) is 7.03. The molecule has 1 saturated heterocycles. The van der Waals surface area contributed by atoms with E-state index in [4.69, 9.17) is 14.6 Å². The third kappa shape index (κ3) is 9.59. The normalized spacial score (nSPS) is 19.4. The lowest BCUT2D eigenvalue weighted by molar-refractivity contribution is -0.276. The van der Waals surface area contributed by atoms with E-state index in [2.05, 4.69) is 60.6 Å². The number of likely N-dealkylation sites (N-methyl/N-ethyl adjacent to an activating group) is 1. The number of aliphatic carboxylic acids is 1. The van der Waals surface area contributed by atoms with Crippen LogP contribution in [0.5, 0.6) is 0 Å². The van der Waals surface area contributed by atoms with Gasteiger partial charge in [0.15, 0.2) is 6.29 Å². The van der Waals surface area contributed by atoms with E-state index in [1.165, 1.54) is 5.56 Å². The summed E-state index contributed by atoms with van der Waals surface area (Å²) >= 11 is 0. The zero-order valence-electron chi connectivity index (χ0n) is 27.0. The first kappa shape index (κ1) is 34.0. The molecule has 4 atom stereocenters. The number of aliphatic hydroxyl groups excluding tert-OH is 1. The predicted molar refractivity (Wildman–Crippen MR) is 181 cm³/mol. The molecule has 4 aromatic carbocycles. The number of nitrogens with one attached hydrogen (secondary N) is 1. The van der Waals surface area contributed by atoms with Gasteiger partial charge >= 0.3 is 5.97 Å². The maximum Gasteiger partial charge on any atom is 0.303 e. The molecule has 0 unspecified atom stereocenters. The second-order valence-corrected chi connectivity index (χ2v) is 12.4.